The highest BCUT2D eigenvalue weighted by Gasteiger charge is 2.27. The zero-order chi connectivity index (χ0) is 25.5. The average Bonchev–Trinajstić information content (AvgIpc) is 3.37. The van der Waals surface area contributed by atoms with Crippen molar-refractivity contribution >= 4 is 17.6 Å². The molecule has 1 fully saturated rings. The maximum atomic E-state index is 12.9. The highest BCUT2D eigenvalue weighted by Crippen LogP contribution is 2.31. The predicted octanol–water partition coefficient (Wildman–Crippen LogP) is 3.78. The van der Waals surface area contributed by atoms with Crippen molar-refractivity contribution in [3.05, 3.63) is 53.9 Å². The molecule has 1 unspecified atom stereocenters. The van der Waals surface area contributed by atoms with E-state index in [2.05, 4.69) is 20.4 Å². The Bertz CT molecular complexity index is 1210. The summed E-state index contributed by atoms with van der Waals surface area (Å²) in [5.74, 6) is 1.44. The molecular weight excluding hydrogens is 464 g/mol. The first-order chi connectivity index (χ1) is 17.5. The molecule has 0 spiro atoms. The van der Waals surface area contributed by atoms with Crippen LogP contribution in [0.15, 0.2) is 47.0 Å². The van der Waals surface area contributed by atoms with Crippen LogP contribution in [0, 0.1) is 5.92 Å². The van der Waals surface area contributed by atoms with Crippen molar-refractivity contribution in [3.8, 4) is 22.9 Å². The summed E-state index contributed by atoms with van der Waals surface area (Å²) < 4.78 is 21.1. The van der Waals surface area contributed by atoms with E-state index in [-0.39, 0.29) is 11.8 Å². The van der Waals surface area contributed by atoms with E-state index in [9.17, 15) is 9.59 Å². The monoisotopic (exact) mass is 494 g/mol. The van der Waals surface area contributed by atoms with Crippen LogP contribution < -0.4 is 14.8 Å². The third kappa shape index (κ3) is 6.01. The number of nitrogens with zero attached hydrogens (tertiary/aromatic N) is 3. The van der Waals surface area contributed by atoms with Gasteiger partial charge in [0, 0.05) is 17.8 Å². The summed E-state index contributed by atoms with van der Waals surface area (Å²) in [4.78, 5) is 31.6. The molecule has 1 aliphatic heterocycles. The largest absolute Gasteiger partial charge is 0.493 e. The number of esters is 1. The molecule has 1 aliphatic rings. The minimum absolute atomic E-state index is 0.0859. The summed E-state index contributed by atoms with van der Waals surface area (Å²) in [6.45, 7) is 3.89. The van der Waals surface area contributed by atoms with Gasteiger partial charge < -0.3 is 24.1 Å². The van der Waals surface area contributed by atoms with E-state index in [0.717, 1.165) is 24.9 Å². The number of likely N-dealkylation sites (tertiary alicyclic amines) is 1. The zero-order valence-corrected chi connectivity index (χ0v) is 20.7. The van der Waals surface area contributed by atoms with Crippen LogP contribution in [0.2, 0.25) is 0 Å². The Morgan fingerprint density at radius 2 is 1.97 bits per heavy atom. The highest BCUT2D eigenvalue weighted by atomic mass is 16.5. The van der Waals surface area contributed by atoms with E-state index < -0.39 is 5.97 Å². The van der Waals surface area contributed by atoms with Gasteiger partial charge in [-0.15, -0.1) is 0 Å². The second kappa shape index (κ2) is 11.7. The van der Waals surface area contributed by atoms with E-state index in [1.54, 1.807) is 57.5 Å². The number of piperidine rings is 1. The topological polar surface area (TPSA) is 116 Å². The second-order valence-corrected chi connectivity index (χ2v) is 8.45. The number of anilines is 1. The van der Waals surface area contributed by atoms with Crippen molar-refractivity contribution in [3.63, 3.8) is 0 Å². The van der Waals surface area contributed by atoms with Crippen LogP contribution in [0.4, 0.5) is 5.69 Å². The van der Waals surface area contributed by atoms with E-state index in [0.29, 0.717) is 54.2 Å². The van der Waals surface area contributed by atoms with Crippen molar-refractivity contribution in [1.82, 2.24) is 15.0 Å². The highest BCUT2D eigenvalue weighted by molar-refractivity contribution is 5.95. The van der Waals surface area contributed by atoms with Crippen LogP contribution in [0.1, 0.15) is 36.0 Å². The van der Waals surface area contributed by atoms with Crippen molar-refractivity contribution < 1.29 is 28.3 Å². The number of carbonyl (C=O) groups excluding carboxylic acids is 2. The number of amides is 1. The number of aromatic nitrogens is 2. The molecule has 1 saturated heterocycles. The molecular formula is C26H30N4O6. The predicted molar refractivity (Wildman–Crippen MR) is 132 cm³/mol. The summed E-state index contributed by atoms with van der Waals surface area (Å²) in [5, 5.41) is 7.03. The number of methoxy groups -OCH3 is 2. The molecule has 0 saturated carbocycles. The lowest BCUT2D eigenvalue weighted by Crippen LogP contribution is -2.40. The molecule has 0 aliphatic carbocycles. The Kier molecular flexibility index (Phi) is 8.17. The van der Waals surface area contributed by atoms with Crippen LogP contribution in [0.5, 0.6) is 11.5 Å². The Labute approximate surface area is 209 Å². The van der Waals surface area contributed by atoms with Crippen LogP contribution in [0.3, 0.4) is 0 Å². The molecule has 3 aromatic rings. The van der Waals surface area contributed by atoms with Gasteiger partial charge in [0.05, 0.1) is 38.9 Å². The summed E-state index contributed by atoms with van der Waals surface area (Å²) >= 11 is 0. The summed E-state index contributed by atoms with van der Waals surface area (Å²) in [7, 11) is 3.15. The minimum Gasteiger partial charge on any atom is -0.493 e. The van der Waals surface area contributed by atoms with Crippen molar-refractivity contribution in [2.75, 3.05) is 39.2 Å². The molecule has 190 valence electrons. The maximum absolute atomic E-state index is 12.9. The van der Waals surface area contributed by atoms with E-state index >= 15 is 0 Å². The molecule has 1 amide bonds. The third-order valence-electron chi connectivity index (χ3n) is 5.99. The van der Waals surface area contributed by atoms with Crippen molar-refractivity contribution in [1.29, 1.82) is 0 Å². The Morgan fingerprint density at radius 1 is 1.14 bits per heavy atom. The molecule has 1 aromatic heterocycles. The minimum atomic E-state index is -0.413. The third-order valence-corrected chi connectivity index (χ3v) is 5.99. The lowest BCUT2D eigenvalue weighted by Gasteiger charge is -2.30. The van der Waals surface area contributed by atoms with Gasteiger partial charge in [0.15, 0.2) is 11.5 Å². The van der Waals surface area contributed by atoms with E-state index in [4.69, 9.17) is 18.7 Å². The van der Waals surface area contributed by atoms with Gasteiger partial charge in [0.1, 0.15) is 0 Å². The van der Waals surface area contributed by atoms with Crippen LogP contribution >= 0.6 is 0 Å². The molecule has 0 radical (unpaired) electrons. The molecule has 10 nitrogen and oxygen atoms in total. The van der Waals surface area contributed by atoms with Crippen LogP contribution in [-0.4, -0.2) is 60.8 Å². The molecule has 36 heavy (non-hydrogen) atoms. The molecule has 2 aromatic carbocycles. The number of nitrogens with one attached hydrogen (secondary N) is 1. The summed E-state index contributed by atoms with van der Waals surface area (Å²) in [6.07, 6.45) is 1.65. The van der Waals surface area contributed by atoms with Gasteiger partial charge in [0.25, 0.3) is 0 Å². The number of benzene rings is 2. The second-order valence-electron chi connectivity index (χ2n) is 8.45. The molecule has 4 rings (SSSR count). The number of hydrogen-bond donors (Lipinski definition) is 1. The summed E-state index contributed by atoms with van der Waals surface area (Å²) in [6, 6.07) is 12.2. The lowest BCUT2D eigenvalue weighted by molar-refractivity contribution is -0.121. The summed E-state index contributed by atoms with van der Waals surface area (Å²) in [5.41, 5.74) is 1.73. The fourth-order valence-electron chi connectivity index (χ4n) is 4.20. The smallest absolute Gasteiger partial charge is 0.338 e. The van der Waals surface area contributed by atoms with Crippen LogP contribution in [0.25, 0.3) is 11.4 Å². The van der Waals surface area contributed by atoms with Gasteiger partial charge in [0.2, 0.25) is 17.6 Å². The molecule has 1 N–H and O–H groups in total. The maximum Gasteiger partial charge on any atom is 0.338 e. The van der Waals surface area contributed by atoms with Gasteiger partial charge in [-0.2, -0.15) is 4.98 Å². The fraction of sp³-hybridized carbons (Fsp3) is 0.385. The Balaban J connectivity index is 1.36. The quantitative estimate of drug-likeness (QED) is 0.444. The van der Waals surface area contributed by atoms with Crippen molar-refractivity contribution in [2.45, 2.75) is 26.3 Å². The molecule has 2 heterocycles. The number of hydrogen-bond acceptors (Lipinski definition) is 9. The van der Waals surface area contributed by atoms with E-state index in [1.165, 1.54) is 0 Å². The first-order valence-electron chi connectivity index (χ1n) is 11.9. The van der Waals surface area contributed by atoms with E-state index in [1.807, 2.05) is 6.07 Å². The number of carbonyl (C=O) groups is 2. The molecule has 1 atom stereocenters. The first kappa shape index (κ1) is 25.2. The average molecular weight is 495 g/mol. The molecule has 0 bridgehead atoms. The standard InChI is InChI=1S/C26H30N4O6/c1-4-35-26(32)18-7-5-9-20(13-18)27-25(31)19-8-6-12-30(15-19)16-23-28-24(29-36-23)17-10-11-21(33-2)22(14-17)34-3/h5,7,9-11,13-14,19H,4,6,8,12,15-16H2,1-3H3,(H,27,31). The Morgan fingerprint density at radius 3 is 2.75 bits per heavy atom. The zero-order valence-electron chi connectivity index (χ0n) is 20.7. The SMILES string of the molecule is CCOC(=O)c1cccc(NC(=O)C2CCCN(Cc3nc(-c4ccc(OC)c(OC)c4)no3)C2)c1. The van der Waals surface area contributed by atoms with Gasteiger partial charge in [-0.25, -0.2) is 4.79 Å². The Hall–Kier alpha value is -3.92. The fourth-order valence-corrected chi connectivity index (χ4v) is 4.20. The van der Waals surface area contributed by atoms with Gasteiger partial charge in [-0.3, -0.25) is 9.69 Å². The van der Waals surface area contributed by atoms with Gasteiger partial charge in [-0.1, -0.05) is 11.2 Å². The van der Waals surface area contributed by atoms with Crippen LogP contribution in [-0.2, 0) is 16.1 Å². The number of ether oxygens (including phenoxy) is 3. The van der Waals surface area contributed by atoms with Gasteiger partial charge in [-0.05, 0) is 62.7 Å². The molecule has 10 heteroatoms. The number of rotatable bonds is 9. The van der Waals surface area contributed by atoms with Crippen molar-refractivity contribution in [2.24, 2.45) is 5.92 Å². The first-order valence-corrected chi connectivity index (χ1v) is 11.9. The van der Waals surface area contributed by atoms with Gasteiger partial charge >= 0.3 is 5.97 Å². The normalized spacial score (nSPS) is 15.8. The lowest BCUT2D eigenvalue weighted by atomic mass is 9.97.